The van der Waals surface area contributed by atoms with Gasteiger partial charge in [0.25, 0.3) is 0 Å². The first-order valence-corrected chi connectivity index (χ1v) is 5.44. The average Bonchev–Trinajstić information content (AvgIpc) is 2.03. The second kappa shape index (κ2) is 7.21. The van der Waals surface area contributed by atoms with E-state index in [9.17, 15) is 4.79 Å². The Morgan fingerprint density at radius 2 is 2.15 bits per heavy atom. The van der Waals surface area contributed by atoms with Crippen molar-refractivity contribution in [1.29, 1.82) is 0 Å². The predicted octanol–water partition coefficient (Wildman–Crippen LogP) is 1.23. The van der Waals surface area contributed by atoms with E-state index in [1.54, 1.807) is 11.8 Å². The highest BCUT2D eigenvalue weighted by Gasteiger charge is 2.08. The number of ether oxygens (including phenoxy) is 1. The molecule has 0 saturated heterocycles. The van der Waals surface area contributed by atoms with Crippen molar-refractivity contribution in [2.24, 2.45) is 0 Å². The molecule has 1 unspecified atom stereocenters. The highest BCUT2D eigenvalue weighted by atomic mass is 32.2. The van der Waals surface area contributed by atoms with E-state index in [0.717, 1.165) is 12.3 Å². The van der Waals surface area contributed by atoms with E-state index in [4.69, 9.17) is 0 Å². The third kappa shape index (κ3) is 8.12. The van der Waals surface area contributed by atoms with Gasteiger partial charge in [-0.05, 0) is 14.1 Å². The highest BCUT2D eigenvalue weighted by molar-refractivity contribution is 7.99. The zero-order valence-electron chi connectivity index (χ0n) is 8.87. The van der Waals surface area contributed by atoms with Crippen LogP contribution in [0.2, 0.25) is 0 Å². The molecule has 0 radical (unpaired) electrons. The van der Waals surface area contributed by atoms with E-state index in [0.29, 0.717) is 11.7 Å². The van der Waals surface area contributed by atoms with Gasteiger partial charge in [0, 0.05) is 17.5 Å². The number of hydrogen-bond acceptors (Lipinski definition) is 4. The van der Waals surface area contributed by atoms with Gasteiger partial charge < -0.3 is 9.64 Å². The molecule has 0 N–H and O–H groups in total. The van der Waals surface area contributed by atoms with Crippen molar-refractivity contribution in [1.82, 2.24) is 4.90 Å². The SMILES string of the molecule is COC(=O)CC(C)SCCN(C)C. The zero-order valence-corrected chi connectivity index (χ0v) is 9.69. The Morgan fingerprint density at radius 3 is 2.62 bits per heavy atom. The van der Waals surface area contributed by atoms with Gasteiger partial charge in [-0.1, -0.05) is 6.92 Å². The second-order valence-corrected chi connectivity index (χ2v) is 4.81. The number of thioether (sulfide) groups is 1. The van der Waals surface area contributed by atoms with Crippen LogP contribution in [0, 0.1) is 0 Å². The summed E-state index contributed by atoms with van der Waals surface area (Å²) < 4.78 is 4.59. The van der Waals surface area contributed by atoms with Crippen molar-refractivity contribution in [2.75, 3.05) is 33.5 Å². The van der Waals surface area contributed by atoms with Gasteiger partial charge >= 0.3 is 5.97 Å². The summed E-state index contributed by atoms with van der Waals surface area (Å²) in [6.07, 6.45) is 0.509. The molecular formula is C9H19NO2S. The lowest BCUT2D eigenvalue weighted by molar-refractivity contribution is -0.140. The lowest BCUT2D eigenvalue weighted by atomic mass is 10.3. The third-order valence-corrected chi connectivity index (χ3v) is 2.78. The molecule has 0 aliphatic heterocycles. The average molecular weight is 205 g/mol. The van der Waals surface area contributed by atoms with E-state index in [1.165, 1.54) is 7.11 Å². The van der Waals surface area contributed by atoms with Crippen LogP contribution in [0.25, 0.3) is 0 Å². The Kier molecular flexibility index (Phi) is 7.09. The largest absolute Gasteiger partial charge is 0.469 e. The molecule has 78 valence electrons. The summed E-state index contributed by atoms with van der Waals surface area (Å²) in [5.74, 6) is 0.940. The van der Waals surface area contributed by atoms with E-state index in [1.807, 2.05) is 14.1 Å². The maximum absolute atomic E-state index is 10.9. The standard InChI is InChI=1S/C9H19NO2S/c1-8(7-9(11)12-4)13-6-5-10(2)3/h8H,5-7H2,1-4H3. The molecule has 0 aromatic heterocycles. The van der Waals surface area contributed by atoms with Crippen LogP contribution in [0.3, 0.4) is 0 Å². The number of rotatable bonds is 6. The fraction of sp³-hybridized carbons (Fsp3) is 0.889. The molecule has 4 heteroatoms. The Morgan fingerprint density at radius 1 is 1.54 bits per heavy atom. The van der Waals surface area contributed by atoms with E-state index < -0.39 is 0 Å². The number of methoxy groups -OCH3 is 1. The van der Waals surface area contributed by atoms with Gasteiger partial charge in [-0.3, -0.25) is 4.79 Å². The smallest absolute Gasteiger partial charge is 0.306 e. The van der Waals surface area contributed by atoms with Crippen molar-refractivity contribution in [3.05, 3.63) is 0 Å². The van der Waals surface area contributed by atoms with Crippen LogP contribution in [0.1, 0.15) is 13.3 Å². The first-order chi connectivity index (χ1) is 6.06. The third-order valence-electron chi connectivity index (χ3n) is 1.62. The highest BCUT2D eigenvalue weighted by Crippen LogP contribution is 2.13. The molecule has 0 aliphatic carbocycles. The van der Waals surface area contributed by atoms with Crippen LogP contribution in [0.5, 0.6) is 0 Å². The fourth-order valence-electron chi connectivity index (χ4n) is 0.813. The van der Waals surface area contributed by atoms with Crippen molar-refractivity contribution in [3.8, 4) is 0 Å². The summed E-state index contributed by atoms with van der Waals surface area (Å²) in [6.45, 7) is 3.10. The molecule has 0 bridgehead atoms. The maximum atomic E-state index is 10.9. The molecule has 3 nitrogen and oxygen atoms in total. The summed E-state index contributed by atoms with van der Waals surface area (Å²) in [6, 6.07) is 0. The quantitative estimate of drug-likeness (QED) is 0.610. The van der Waals surface area contributed by atoms with E-state index in [2.05, 4.69) is 16.6 Å². The van der Waals surface area contributed by atoms with Gasteiger partial charge in [0.1, 0.15) is 0 Å². The molecular weight excluding hydrogens is 186 g/mol. The zero-order chi connectivity index (χ0) is 10.3. The van der Waals surface area contributed by atoms with Gasteiger partial charge in [-0.15, -0.1) is 0 Å². The maximum Gasteiger partial charge on any atom is 0.306 e. The summed E-state index contributed by atoms with van der Waals surface area (Å²) in [4.78, 5) is 13.0. The lowest BCUT2D eigenvalue weighted by Crippen LogP contribution is -2.17. The molecule has 0 amide bonds. The molecule has 0 aliphatic rings. The van der Waals surface area contributed by atoms with Crippen LogP contribution in [-0.4, -0.2) is 49.6 Å². The molecule has 13 heavy (non-hydrogen) atoms. The number of carbonyl (C=O) groups is 1. The Labute approximate surface area is 84.8 Å². The number of hydrogen-bond donors (Lipinski definition) is 0. The fourth-order valence-corrected chi connectivity index (χ4v) is 1.94. The first-order valence-electron chi connectivity index (χ1n) is 4.39. The number of nitrogens with zero attached hydrogens (tertiary/aromatic N) is 1. The molecule has 0 rings (SSSR count). The van der Waals surface area contributed by atoms with Crippen molar-refractivity contribution in [3.63, 3.8) is 0 Å². The minimum atomic E-state index is -0.121. The molecule has 0 aromatic rings. The van der Waals surface area contributed by atoms with Gasteiger partial charge in [0.05, 0.1) is 13.5 Å². The molecule has 0 spiro atoms. The lowest BCUT2D eigenvalue weighted by Gasteiger charge is -2.12. The Hall–Kier alpha value is -0.220. The topological polar surface area (TPSA) is 29.5 Å². The second-order valence-electron chi connectivity index (χ2n) is 3.26. The van der Waals surface area contributed by atoms with Gasteiger partial charge in [0.15, 0.2) is 0 Å². The summed E-state index contributed by atoms with van der Waals surface area (Å²) in [5.41, 5.74) is 0. The predicted molar refractivity (Wildman–Crippen MR) is 57.1 cm³/mol. The molecule has 0 saturated carbocycles. The van der Waals surface area contributed by atoms with Crippen LogP contribution in [-0.2, 0) is 9.53 Å². The molecule has 0 fully saturated rings. The molecule has 1 atom stereocenters. The molecule has 0 aromatic carbocycles. The van der Waals surface area contributed by atoms with Gasteiger partial charge in [-0.25, -0.2) is 0 Å². The van der Waals surface area contributed by atoms with Crippen molar-refractivity contribution in [2.45, 2.75) is 18.6 Å². The minimum absolute atomic E-state index is 0.121. The van der Waals surface area contributed by atoms with Crippen LogP contribution in [0.4, 0.5) is 0 Å². The summed E-state index contributed by atoms with van der Waals surface area (Å²) >= 11 is 1.81. The Bertz CT molecular complexity index is 151. The normalized spacial score (nSPS) is 13.0. The summed E-state index contributed by atoms with van der Waals surface area (Å²) in [5, 5.41) is 0.354. The van der Waals surface area contributed by atoms with Crippen molar-refractivity contribution < 1.29 is 9.53 Å². The number of carbonyl (C=O) groups excluding carboxylic acids is 1. The van der Waals surface area contributed by atoms with Crippen LogP contribution < -0.4 is 0 Å². The molecule has 0 heterocycles. The van der Waals surface area contributed by atoms with Gasteiger partial charge in [-0.2, -0.15) is 11.8 Å². The first kappa shape index (κ1) is 12.8. The minimum Gasteiger partial charge on any atom is -0.469 e. The monoisotopic (exact) mass is 205 g/mol. The van der Waals surface area contributed by atoms with Crippen LogP contribution >= 0.6 is 11.8 Å². The van der Waals surface area contributed by atoms with Gasteiger partial charge in [0.2, 0.25) is 0 Å². The van der Waals surface area contributed by atoms with Crippen molar-refractivity contribution >= 4 is 17.7 Å². The van der Waals surface area contributed by atoms with E-state index >= 15 is 0 Å². The van der Waals surface area contributed by atoms with Crippen LogP contribution in [0.15, 0.2) is 0 Å². The Balaban J connectivity index is 3.40. The van der Waals surface area contributed by atoms with E-state index in [-0.39, 0.29) is 5.97 Å². The summed E-state index contributed by atoms with van der Waals surface area (Å²) in [7, 11) is 5.52. The number of esters is 1.